The van der Waals surface area contributed by atoms with Crippen molar-refractivity contribution in [1.29, 1.82) is 0 Å². The maximum atomic E-state index is 10.6. The highest BCUT2D eigenvalue weighted by molar-refractivity contribution is 8.18. The van der Waals surface area contributed by atoms with Crippen molar-refractivity contribution in [3.63, 3.8) is 0 Å². The van der Waals surface area contributed by atoms with Gasteiger partial charge in [-0.2, -0.15) is 0 Å². The van der Waals surface area contributed by atoms with E-state index < -0.39 is 0 Å². The molecular formula is C4H5ClOS2. The molecule has 46 valence electrons. The summed E-state index contributed by atoms with van der Waals surface area (Å²) < 4.78 is -0.284. The Hall–Kier alpha value is 0.660. The van der Waals surface area contributed by atoms with Crippen LogP contribution in [0, 0.1) is 0 Å². The van der Waals surface area contributed by atoms with Gasteiger partial charge in [-0.15, -0.1) is 23.4 Å². The first-order chi connectivity index (χ1) is 3.80. The largest absolute Gasteiger partial charge is 0.285 e. The molecule has 0 aromatic rings. The predicted octanol–water partition coefficient (Wildman–Crippen LogP) is 1.56. The highest BCUT2D eigenvalue weighted by Crippen LogP contribution is 2.27. The van der Waals surface area contributed by atoms with Gasteiger partial charge < -0.3 is 0 Å². The number of alkyl halides is 1. The average Bonchev–Trinajstić information content (AvgIpc) is 1.77. The summed E-state index contributed by atoms with van der Waals surface area (Å²) in [7, 11) is 0. The zero-order chi connectivity index (χ0) is 5.98. The summed E-state index contributed by atoms with van der Waals surface area (Å²) in [6.07, 6.45) is 0. The lowest BCUT2D eigenvalue weighted by molar-refractivity contribution is -0.109. The minimum absolute atomic E-state index is 0.114. The van der Waals surface area contributed by atoms with E-state index in [-0.39, 0.29) is 9.82 Å². The van der Waals surface area contributed by atoms with E-state index in [2.05, 4.69) is 0 Å². The lowest BCUT2D eigenvalue weighted by atomic mass is 10.9. The van der Waals surface area contributed by atoms with E-state index in [9.17, 15) is 4.79 Å². The minimum atomic E-state index is -0.284. The van der Waals surface area contributed by atoms with E-state index in [0.717, 1.165) is 11.5 Å². The summed E-state index contributed by atoms with van der Waals surface area (Å²) in [6.45, 7) is 0. The van der Waals surface area contributed by atoms with Crippen LogP contribution in [0.1, 0.15) is 0 Å². The van der Waals surface area contributed by atoms with Crippen LogP contribution in [0.3, 0.4) is 0 Å². The molecule has 1 fully saturated rings. The van der Waals surface area contributed by atoms with E-state index in [4.69, 9.17) is 11.6 Å². The Morgan fingerprint density at radius 1 is 1.62 bits per heavy atom. The van der Waals surface area contributed by atoms with Crippen LogP contribution in [0.15, 0.2) is 0 Å². The van der Waals surface area contributed by atoms with Crippen LogP contribution < -0.4 is 0 Å². The highest BCUT2D eigenvalue weighted by atomic mass is 35.5. The number of rotatable bonds is 0. The SMILES string of the molecule is O=C1SCCS[C@H]1Cl. The van der Waals surface area contributed by atoms with Gasteiger partial charge in [0, 0.05) is 11.5 Å². The Kier molecular flexibility index (Phi) is 2.53. The Morgan fingerprint density at radius 2 is 2.38 bits per heavy atom. The summed E-state index contributed by atoms with van der Waals surface area (Å²) in [6, 6.07) is 0. The topological polar surface area (TPSA) is 17.1 Å². The van der Waals surface area contributed by atoms with Crippen molar-refractivity contribution in [2.45, 2.75) is 4.71 Å². The van der Waals surface area contributed by atoms with Gasteiger partial charge in [-0.25, -0.2) is 0 Å². The summed E-state index contributed by atoms with van der Waals surface area (Å²) in [4.78, 5) is 10.6. The molecule has 1 heterocycles. The molecule has 0 bridgehead atoms. The monoisotopic (exact) mass is 168 g/mol. The van der Waals surface area contributed by atoms with E-state index in [1.165, 1.54) is 23.5 Å². The fourth-order valence-electron chi connectivity index (χ4n) is 0.427. The van der Waals surface area contributed by atoms with Crippen molar-refractivity contribution in [3.05, 3.63) is 0 Å². The number of thioether (sulfide) groups is 2. The second kappa shape index (κ2) is 2.99. The molecule has 1 saturated heterocycles. The first-order valence-electron chi connectivity index (χ1n) is 2.23. The molecule has 0 saturated carbocycles. The molecule has 1 rings (SSSR count). The molecule has 0 aromatic heterocycles. The molecule has 0 N–H and O–H groups in total. The molecule has 1 aliphatic heterocycles. The zero-order valence-electron chi connectivity index (χ0n) is 4.09. The van der Waals surface area contributed by atoms with Gasteiger partial charge in [0.15, 0.2) is 0 Å². The second-order valence-electron chi connectivity index (χ2n) is 1.35. The van der Waals surface area contributed by atoms with Crippen molar-refractivity contribution in [2.24, 2.45) is 0 Å². The molecule has 4 heteroatoms. The van der Waals surface area contributed by atoms with Gasteiger partial charge in [0.25, 0.3) is 0 Å². The number of hydrogen-bond acceptors (Lipinski definition) is 3. The van der Waals surface area contributed by atoms with Gasteiger partial charge in [-0.1, -0.05) is 11.8 Å². The molecule has 0 unspecified atom stereocenters. The maximum absolute atomic E-state index is 10.6. The Bertz CT molecular complexity index is 106. The van der Waals surface area contributed by atoms with Crippen LogP contribution >= 0.6 is 35.1 Å². The summed E-state index contributed by atoms with van der Waals surface area (Å²) in [5.41, 5.74) is 0. The lowest BCUT2D eigenvalue weighted by Gasteiger charge is -2.11. The molecule has 0 amide bonds. The van der Waals surface area contributed by atoms with Crippen molar-refractivity contribution in [1.82, 2.24) is 0 Å². The summed E-state index contributed by atoms with van der Waals surface area (Å²) in [5, 5.41) is 0.114. The highest BCUT2D eigenvalue weighted by Gasteiger charge is 2.19. The van der Waals surface area contributed by atoms with Gasteiger partial charge in [0.2, 0.25) is 5.12 Å². The third-order valence-corrected chi connectivity index (χ3v) is 3.77. The van der Waals surface area contributed by atoms with Crippen molar-refractivity contribution >= 4 is 40.2 Å². The van der Waals surface area contributed by atoms with Gasteiger partial charge in [-0.3, -0.25) is 4.79 Å². The average molecular weight is 169 g/mol. The Labute approximate surface area is 61.5 Å². The number of carbonyl (C=O) groups is 1. The molecule has 0 radical (unpaired) electrons. The smallest absolute Gasteiger partial charge is 0.216 e. The van der Waals surface area contributed by atoms with Gasteiger partial charge in [-0.05, 0) is 0 Å². The Balaban J connectivity index is 2.39. The third-order valence-electron chi connectivity index (χ3n) is 0.777. The minimum Gasteiger partial charge on any atom is -0.285 e. The van der Waals surface area contributed by atoms with E-state index in [1.807, 2.05) is 0 Å². The maximum Gasteiger partial charge on any atom is 0.216 e. The third kappa shape index (κ3) is 1.57. The molecular weight excluding hydrogens is 164 g/mol. The first-order valence-corrected chi connectivity index (χ1v) is 4.70. The fraction of sp³-hybridized carbons (Fsp3) is 0.750. The summed E-state index contributed by atoms with van der Waals surface area (Å²) >= 11 is 8.42. The van der Waals surface area contributed by atoms with Crippen LogP contribution in [0.2, 0.25) is 0 Å². The van der Waals surface area contributed by atoms with Crippen LogP contribution in [-0.4, -0.2) is 21.3 Å². The zero-order valence-corrected chi connectivity index (χ0v) is 6.48. The molecule has 0 aromatic carbocycles. The predicted molar refractivity (Wildman–Crippen MR) is 39.6 cm³/mol. The van der Waals surface area contributed by atoms with Gasteiger partial charge >= 0.3 is 0 Å². The van der Waals surface area contributed by atoms with Gasteiger partial charge in [0.05, 0.1) is 0 Å². The molecule has 8 heavy (non-hydrogen) atoms. The van der Waals surface area contributed by atoms with Crippen LogP contribution in [0.25, 0.3) is 0 Å². The molecule has 1 nitrogen and oxygen atoms in total. The molecule has 1 atom stereocenters. The van der Waals surface area contributed by atoms with E-state index >= 15 is 0 Å². The normalized spacial score (nSPS) is 30.6. The van der Waals surface area contributed by atoms with Crippen molar-refractivity contribution in [2.75, 3.05) is 11.5 Å². The van der Waals surface area contributed by atoms with Crippen molar-refractivity contribution in [3.8, 4) is 0 Å². The second-order valence-corrected chi connectivity index (χ2v) is 4.36. The van der Waals surface area contributed by atoms with Crippen molar-refractivity contribution < 1.29 is 4.79 Å². The van der Waals surface area contributed by atoms with E-state index in [0.29, 0.717) is 0 Å². The first kappa shape index (κ1) is 6.78. The van der Waals surface area contributed by atoms with Crippen LogP contribution in [0.5, 0.6) is 0 Å². The summed E-state index contributed by atoms with van der Waals surface area (Å²) in [5.74, 6) is 1.93. The van der Waals surface area contributed by atoms with Crippen LogP contribution in [-0.2, 0) is 4.79 Å². The Morgan fingerprint density at radius 3 is 2.75 bits per heavy atom. The fourth-order valence-corrected chi connectivity index (χ4v) is 2.69. The van der Waals surface area contributed by atoms with E-state index in [1.54, 1.807) is 0 Å². The lowest BCUT2D eigenvalue weighted by Crippen LogP contribution is -2.13. The number of hydrogen-bond donors (Lipinski definition) is 0. The van der Waals surface area contributed by atoms with Crippen LogP contribution in [0.4, 0.5) is 0 Å². The molecule has 1 aliphatic rings. The number of halogens is 1. The molecule has 0 aliphatic carbocycles. The molecule has 0 spiro atoms. The standard InChI is InChI=1S/C4H5ClOS2/c5-3-4(6)8-2-1-7-3/h3H,1-2H2/t3-/m1/s1. The van der Waals surface area contributed by atoms with Gasteiger partial charge in [0.1, 0.15) is 4.71 Å². The quantitative estimate of drug-likeness (QED) is 0.511. The number of carbonyl (C=O) groups excluding carboxylic acids is 1.